The van der Waals surface area contributed by atoms with Crippen molar-refractivity contribution in [3.8, 4) is 5.75 Å². The van der Waals surface area contributed by atoms with Crippen molar-refractivity contribution >= 4 is 29.7 Å². The summed E-state index contributed by atoms with van der Waals surface area (Å²) in [5.41, 5.74) is 2.70. The van der Waals surface area contributed by atoms with Gasteiger partial charge in [0.1, 0.15) is 12.5 Å². The molecule has 0 bridgehead atoms. The van der Waals surface area contributed by atoms with Gasteiger partial charge in [0.05, 0.1) is 0 Å². The van der Waals surface area contributed by atoms with Crippen molar-refractivity contribution in [2.24, 2.45) is 0 Å². The van der Waals surface area contributed by atoms with Gasteiger partial charge in [-0.15, -0.1) is 0 Å². The van der Waals surface area contributed by atoms with Crippen LogP contribution in [0.15, 0.2) is 66.7 Å². The van der Waals surface area contributed by atoms with Crippen molar-refractivity contribution < 1.29 is 9.90 Å². The predicted octanol–water partition coefficient (Wildman–Crippen LogP) is 4.53. The molecule has 0 spiro atoms. The van der Waals surface area contributed by atoms with E-state index < -0.39 is 0 Å². The largest absolute Gasteiger partial charge is 0.508 e. The van der Waals surface area contributed by atoms with E-state index in [-0.39, 0.29) is 0 Å². The molecule has 0 aromatic heterocycles. The van der Waals surface area contributed by atoms with Crippen LogP contribution in [0.2, 0.25) is 0 Å². The smallest absolute Gasteiger partial charge is 0.115 e. The number of hydrogen-bond donors (Lipinski definition) is 1. The van der Waals surface area contributed by atoms with Crippen LogP contribution in [0.4, 0.5) is 0 Å². The number of para-hydroxylation sites is 1. The van der Waals surface area contributed by atoms with Crippen LogP contribution in [-0.4, -0.2) is 11.9 Å². The van der Waals surface area contributed by atoms with Gasteiger partial charge in [0.15, 0.2) is 0 Å². The standard InChI is InChI=1S/C12H8.C6H6O.CH2O/c1-3-9-4-2-6-11-8-7-10(5-1)12(9)11;7-6-4-2-1-3-5-6;1-2/h1-8H;1-5,7H;1H2. The Labute approximate surface area is 124 Å². The number of hydrogen-bond acceptors (Lipinski definition) is 2. The second-order valence-corrected chi connectivity index (χ2v) is 4.46. The molecule has 0 amide bonds. The average Bonchev–Trinajstić information content (AvgIpc) is 2.97. The van der Waals surface area contributed by atoms with Crippen molar-refractivity contribution in [2.45, 2.75) is 0 Å². The van der Waals surface area contributed by atoms with Crippen LogP contribution in [0, 0.1) is 0 Å². The first-order valence-corrected chi connectivity index (χ1v) is 6.57. The number of benzene rings is 3. The van der Waals surface area contributed by atoms with E-state index in [1.807, 2.05) is 12.9 Å². The number of rotatable bonds is 0. The Kier molecular flexibility index (Phi) is 4.89. The Hall–Kier alpha value is -2.87. The first-order chi connectivity index (χ1) is 10.3. The van der Waals surface area contributed by atoms with Crippen molar-refractivity contribution in [1.82, 2.24) is 0 Å². The van der Waals surface area contributed by atoms with Crippen molar-refractivity contribution in [3.05, 3.63) is 77.9 Å². The Bertz CT molecular complexity index is 705. The van der Waals surface area contributed by atoms with E-state index in [9.17, 15) is 0 Å². The fourth-order valence-electron chi connectivity index (χ4n) is 2.29. The van der Waals surface area contributed by atoms with Gasteiger partial charge in [0.25, 0.3) is 0 Å². The van der Waals surface area contributed by atoms with E-state index in [1.54, 1.807) is 24.3 Å². The third-order valence-corrected chi connectivity index (χ3v) is 3.17. The summed E-state index contributed by atoms with van der Waals surface area (Å²) in [5, 5.41) is 11.4. The minimum Gasteiger partial charge on any atom is -0.508 e. The fourth-order valence-corrected chi connectivity index (χ4v) is 2.29. The van der Waals surface area contributed by atoms with E-state index in [2.05, 4.69) is 48.6 Å². The zero-order chi connectivity index (χ0) is 15.1. The molecular formula is C19H16O2. The molecule has 0 saturated heterocycles. The highest BCUT2D eigenvalue weighted by Crippen LogP contribution is 2.30. The lowest BCUT2D eigenvalue weighted by Gasteiger charge is -1.99. The second-order valence-electron chi connectivity index (χ2n) is 4.46. The number of phenolic OH excluding ortho intramolecular Hbond substituents is 1. The van der Waals surface area contributed by atoms with Gasteiger partial charge in [-0.2, -0.15) is 0 Å². The van der Waals surface area contributed by atoms with Crippen LogP contribution >= 0.6 is 0 Å². The topological polar surface area (TPSA) is 37.3 Å². The molecule has 3 aromatic carbocycles. The molecule has 1 aliphatic rings. The Morgan fingerprint density at radius 3 is 1.62 bits per heavy atom. The summed E-state index contributed by atoms with van der Waals surface area (Å²) in [6, 6.07) is 21.6. The Morgan fingerprint density at radius 2 is 1.19 bits per heavy atom. The average molecular weight is 276 g/mol. The lowest BCUT2D eigenvalue weighted by molar-refractivity contribution is -0.0979. The zero-order valence-corrected chi connectivity index (χ0v) is 11.6. The van der Waals surface area contributed by atoms with E-state index in [1.165, 1.54) is 21.9 Å². The lowest BCUT2D eigenvalue weighted by atomic mass is 10.0. The first-order valence-electron chi connectivity index (χ1n) is 6.57. The molecule has 1 aliphatic carbocycles. The highest BCUT2D eigenvalue weighted by atomic mass is 16.3. The summed E-state index contributed by atoms with van der Waals surface area (Å²) >= 11 is 0. The first kappa shape index (κ1) is 14.5. The SMILES string of the molecule is C1=Cc2cccc3cccc1c23.C=O.Oc1ccccc1. The minimum absolute atomic E-state index is 0.322. The molecule has 2 heteroatoms. The van der Waals surface area contributed by atoms with E-state index in [0.29, 0.717) is 5.75 Å². The zero-order valence-electron chi connectivity index (χ0n) is 11.6. The van der Waals surface area contributed by atoms with Gasteiger partial charge in [-0.1, -0.05) is 66.7 Å². The van der Waals surface area contributed by atoms with Crippen molar-refractivity contribution in [3.63, 3.8) is 0 Å². The van der Waals surface area contributed by atoms with Crippen LogP contribution in [0.5, 0.6) is 5.75 Å². The number of aromatic hydroxyl groups is 1. The van der Waals surface area contributed by atoms with Gasteiger partial charge in [-0.05, 0) is 34.0 Å². The molecule has 3 aromatic rings. The van der Waals surface area contributed by atoms with Gasteiger partial charge in [-0.3, -0.25) is 0 Å². The Morgan fingerprint density at radius 1 is 0.667 bits per heavy atom. The molecule has 0 heterocycles. The molecule has 2 nitrogen and oxygen atoms in total. The maximum absolute atomic E-state index is 8.63. The lowest BCUT2D eigenvalue weighted by Crippen LogP contribution is -1.76. The summed E-state index contributed by atoms with van der Waals surface area (Å²) in [5.74, 6) is 0.322. The summed E-state index contributed by atoms with van der Waals surface area (Å²) in [6.45, 7) is 2.00. The highest BCUT2D eigenvalue weighted by Gasteiger charge is 2.06. The maximum atomic E-state index is 8.63. The van der Waals surface area contributed by atoms with Gasteiger partial charge in [-0.25, -0.2) is 0 Å². The highest BCUT2D eigenvalue weighted by molar-refractivity contribution is 6.04. The van der Waals surface area contributed by atoms with Crippen LogP contribution in [0.3, 0.4) is 0 Å². The summed E-state index contributed by atoms with van der Waals surface area (Å²) in [6.07, 6.45) is 4.36. The second kappa shape index (κ2) is 7.06. The number of carbonyl (C=O) groups excluding carboxylic acids is 1. The van der Waals surface area contributed by atoms with Crippen LogP contribution in [-0.2, 0) is 4.79 Å². The van der Waals surface area contributed by atoms with Gasteiger partial charge in [0, 0.05) is 0 Å². The molecule has 0 fully saturated rings. The molecule has 4 rings (SSSR count). The minimum atomic E-state index is 0.322. The molecule has 0 unspecified atom stereocenters. The van der Waals surface area contributed by atoms with Gasteiger partial charge >= 0.3 is 0 Å². The fraction of sp³-hybridized carbons (Fsp3) is 0. The van der Waals surface area contributed by atoms with Gasteiger partial charge < -0.3 is 9.90 Å². The predicted molar refractivity (Wildman–Crippen MR) is 88.1 cm³/mol. The Balaban J connectivity index is 0.000000155. The monoisotopic (exact) mass is 276 g/mol. The molecule has 0 saturated carbocycles. The summed E-state index contributed by atoms with van der Waals surface area (Å²) in [4.78, 5) is 8.00. The van der Waals surface area contributed by atoms with E-state index in [4.69, 9.17) is 9.90 Å². The van der Waals surface area contributed by atoms with Crippen LogP contribution in [0.25, 0.3) is 22.9 Å². The van der Waals surface area contributed by atoms with E-state index in [0.717, 1.165) is 0 Å². The van der Waals surface area contributed by atoms with Gasteiger partial charge in [0.2, 0.25) is 0 Å². The molecule has 0 radical (unpaired) electrons. The summed E-state index contributed by atoms with van der Waals surface area (Å²) in [7, 11) is 0. The molecule has 104 valence electrons. The quantitative estimate of drug-likeness (QED) is 0.512. The normalized spacial score (nSPS) is 10.3. The summed E-state index contributed by atoms with van der Waals surface area (Å²) < 4.78 is 0. The third-order valence-electron chi connectivity index (χ3n) is 3.17. The molecule has 0 aliphatic heterocycles. The van der Waals surface area contributed by atoms with Crippen LogP contribution in [0.1, 0.15) is 11.1 Å². The van der Waals surface area contributed by atoms with Crippen LogP contribution < -0.4 is 0 Å². The maximum Gasteiger partial charge on any atom is 0.115 e. The van der Waals surface area contributed by atoms with Crippen molar-refractivity contribution in [1.29, 1.82) is 0 Å². The molecule has 0 atom stereocenters. The molecule has 1 N–H and O–H groups in total. The molecular weight excluding hydrogens is 260 g/mol. The third kappa shape index (κ3) is 3.37. The molecule has 21 heavy (non-hydrogen) atoms. The number of phenols is 1. The van der Waals surface area contributed by atoms with E-state index >= 15 is 0 Å². The number of carbonyl (C=O) groups is 1. The van der Waals surface area contributed by atoms with Crippen molar-refractivity contribution in [2.75, 3.05) is 0 Å².